The number of carbonyl (C=O) groups is 1. The molecule has 3 aromatic carbocycles. The van der Waals surface area contributed by atoms with Gasteiger partial charge in [-0.1, -0.05) is 45.4 Å². The Morgan fingerprint density at radius 2 is 1.67 bits per heavy atom. The van der Waals surface area contributed by atoms with E-state index in [9.17, 15) is 9.00 Å². The number of carbonyl (C=O) groups excluding carboxylic acids is 1. The molecule has 0 unspecified atom stereocenters. The second-order valence-electron chi connectivity index (χ2n) is 12.4. The van der Waals surface area contributed by atoms with Crippen LogP contribution in [0.5, 0.6) is 5.75 Å². The van der Waals surface area contributed by atoms with Crippen molar-refractivity contribution in [2.24, 2.45) is 0 Å². The highest BCUT2D eigenvalue weighted by Crippen LogP contribution is 2.33. The molecule has 1 aromatic heterocycles. The molecule has 0 aliphatic carbocycles. The first-order valence-corrected chi connectivity index (χ1v) is 19.0. The minimum atomic E-state index is -1.21. The number of rotatable bonds is 17. The van der Waals surface area contributed by atoms with Crippen molar-refractivity contribution in [3.8, 4) is 16.9 Å². The number of unbranched alkanes of at least 4 members (excludes halogenated alkanes) is 1. The quantitative estimate of drug-likeness (QED) is 0.113. The molecule has 8 nitrogen and oxygen atoms in total. The molecular weight excluding hydrogens is 633 g/mol. The second-order valence-corrected chi connectivity index (χ2v) is 13.9. The van der Waals surface area contributed by atoms with Crippen molar-refractivity contribution in [3.05, 3.63) is 96.1 Å². The fraction of sp³-hybridized carbons (Fsp3) is 0.400. The lowest BCUT2D eigenvalue weighted by Gasteiger charge is -2.29. The molecule has 0 fully saturated rings. The Morgan fingerprint density at radius 3 is 2.43 bits per heavy atom. The van der Waals surface area contributed by atoms with Crippen molar-refractivity contribution in [2.75, 3.05) is 43.1 Å². The topological polar surface area (TPSA) is 85.7 Å². The molecule has 1 atom stereocenters. The minimum Gasteiger partial charge on any atom is -0.491 e. The summed E-state index contributed by atoms with van der Waals surface area (Å²) in [6.45, 7) is 11.1. The largest absolute Gasteiger partial charge is 0.491 e. The molecule has 4 aromatic rings. The minimum absolute atomic E-state index is 0.113. The van der Waals surface area contributed by atoms with Crippen molar-refractivity contribution >= 4 is 34.2 Å². The molecule has 5 rings (SSSR count). The van der Waals surface area contributed by atoms with E-state index in [2.05, 4.69) is 76.9 Å². The first-order chi connectivity index (χ1) is 24.0. The lowest BCUT2D eigenvalue weighted by atomic mass is 9.96. The summed E-state index contributed by atoms with van der Waals surface area (Å²) >= 11 is 0. The van der Waals surface area contributed by atoms with E-state index in [1.807, 2.05) is 36.4 Å². The predicted octanol–water partition coefficient (Wildman–Crippen LogP) is 8.50. The molecule has 1 amide bonds. The van der Waals surface area contributed by atoms with Crippen LogP contribution in [0.2, 0.25) is 0 Å². The fourth-order valence-corrected chi connectivity index (χ4v) is 7.12. The summed E-state index contributed by atoms with van der Waals surface area (Å²) in [5.74, 6) is 1.11. The highest BCUT2D eigenvalue weighted by molar-refractivity contribution is 7.84. The zero-order valence-corrected chi connectivity index (χ0v) is 30.0. The molecule has 49 heavy (non-hydrogen) atoms. The normalized spacial score (nSPS) is 13.6. The van der Waals surface area contributed by atoms with Gasteiger partial charge in [0.25, 0.3) is 5.91 Å². The van der Waals surface area contributed by atoms with Gasteiger partial charge in [-0.3, -0.25) is 9.00 Å². The van der Waals surface area contributed by atoms with Crippen molar-refractivity contribution in [1.29, 1.82) is 0 Å². The van der Waals surface area contributed by atoms with Crippen molar-refractivity contribution in [3.63, 3.8) is 0 Å². The number of amides is 1. The van der Waals surface area contributed by atoms with Crippen LogP contribution in [0.25, 0.3) is 17.2 Å². The van der Waals surface area contributed by atoms with Crippen molar-refractivity contribution in [1.82, 2.24) is 9.55 Å². The Kier molecular flexibility index (Phi) is 13.6. The third-order valence-electron chi connectivity index (χ3n) is 8.60. The molecule has 0 spiro atoms. The van der Waals surface area contributed by atoms with E-state index < -0.39 is 10.8 Å². The second kappa shape index (κ2) is 18.5. The number of fused-ring (bicyclic) bond motifs is 1. The highest BCUT2D eigenvalue weighted by Gasteiger charge is 2.19. The van der Waals surface area contributed by atoms with Gasteiger partial charge in [-0.15, -0.1) is 0 Å². The van der Waals surface area contributed by atoms with Crippen molar-refractivity contribution < 1.29 is 18.5 Å². The van der Waals surface area contributed by atoms with E-state index in [1.54, 1.807) is 12.5 Å². The van der Waals surface area contributed by atoms with Gasteiger partial charge in [-0.25, -0.2) is 4.98 Å². The Balaban J connectivity index is 1.28. The maximum atomic E-state index is 13.6. The summed E-state index contributed by atoms with van der Waals surface area (Å²) < 4.78 is 26.6. The highest BCUT2D eigenvalue weighted by atomic mass is 32.2. The molecule has 0 saturated heterocycles. The van der Waals surface area contributed by atoms with Crippen LogP contribution in [0.3, 0.4) is 0 Å². The molecular formula is C40H50N4O4S. The Labute approximate surface area is 294 Å². The molecule has 1 aliphatic rings. The number of aryl methyl sites for hydroxylation is 1. The van der Waals surface area contributed by atoms with Crippen LogP contribution < -0.4 is 15.0 Å². The molecule has 260 valence electrons. The molecule has 2 heterocycles. The van der Waals surface area contributed by atoms with Gasteiger partial charge in [0, 0.05) is 54.3 Å². The monoisotopic (exact) mass is 682 g/mol. The lowest BCUT2D eigenvalue weighted by molar-refractivity contribution is -0.112. The SMILES string of the molecule is CCCCOCCOc1ccc(-c2ccc3c(c2)C=C(C(=O)Nc2ccc([S@@](=O)Cc4cncn4CCC)cc2)CCCN3CCC)cc1. The summed E-state index contributed by atoms with van der Waals surface area (Å²) in [7, 11) is -1.21. The third-order valence-corrected chi connectivity index (χ3v) is 9.96. The average Bonchev–Trinajstić information content (AvgIpc) is 3.54. The first kappa shape index (κ1) is 36.1. The maximum Gasteiger partial charge on any atom is 0.251 e. The predicted molar refractivity (Wildman–Crippen MR) is 201 cm³/mol. The molecule has 0 saturated carbocycles. The van der Waals surface area contributed by atoms with Gasteiger partial charge in [0.15, 0.2) is 0 Å². The van der Waals surface area contributed by atoms with Gasteiger partial charge in [0.2, 0.25) is 0 Å². The average molecular weight is 683 g/mol. The van der Waals surface area contributed by atoms with E-state index in [4.69, 9.17) is 9.47 Å². The van der Waals surface area contributed by atoms with Gasteiger partial charge in [-0.05, 0) is 103 Å². The van der Waals surface area contributed by atoms with Crippen molar-refractivity contribution in [2.45, 2.75) is 76.5 Å². The summed E-state index contributed by atoms with van der Waals surface area (Å²) in [5.41, 5.74) is 6.74. The number of hydrogen-bond donors (Lipinski definition) is 1. The number of ether oxygens (including phenoxy) is 2. The Morgan fingerprint density at radius 1 is 0.898 bits per heavy atom. The molecule has 9 heteroatoms. The van der Waals surface area contributed by atoms with E-state index >= 15 is 0 Å². The van der Waals surface area contributed by atoms with Crippen LogP contribution in [0, 0.1) is 0 Å². The van der Waals surface area contributed by atoms with Crippen LogP contribution in [-0.2, 0) is 32.6 Å². The third kappa shape index (κ3) is 10.2. The van der Waals surface area contributed by atoms with Gasteiger partial charge in [-0.2, -0.15) is 0 Å². The Bertz CT molecular complexity index is 1700. The van der Waals surface area contributed by atoms with Crippen LogP contribution in [0.1, 0.15) is 70.6 Å². The van der Waals surface area contributed by atoms with E-state index in [-0.39, 0.29) is 5.91 Å². The number of nitrogens with one attached hydrogen (secondary N) is 1. The van der Waals surface area contributed by atoms with Crippen LogP contribution >= 0.6 is 0 Å². The van der Waals surface area contributed by atoms with E-state index in [1.165, 1.54) is 0 Å². The smallest absolute Gasteiger partial charge is 0.251 e. The summed E-state index contributed by atoms with van der Waals surface area (Å²) in [5, 5.41) is 3.09. The molecule has 0 radical (unpaired) electrons. The van der Waals surface area contributed by atoms with Gasteiger partial charge >= 0.3 is 0 Å². The summed E-state index contributed by atoms with van der Waals surface area (Å²) in [6, 6.07) is 22.0. The number of benzene rings is 3. The van der Waals surface area contributed by atoms with Gasteiger partial charge in [0.05, 0.1) is 35.2 Å². The number of anilines is 2. The molecule has 1 aliphatic heterocycles. The zero-order valence-electron chi connectivity index (χ0n) is 29.2. The van der Waals surface area contributed by atoms with Gasteiger partial charge < -0.3 is 24.3 Å². The van der Waals surface area contributed by atoms with Crippen LogP contribution in [-0.4, -0.2) is 52.6 Å². The first-order valence-electron chi connectivity index (χ1n) is 17.7. The molecule has 1 N–H and O–H groups in total. The van der Waals surface area contributed by atoms with Gasteiger partial charge in [0.1, 0.15) is 12.4 Å². The van der Waals surface area contributed by atoms with E-state index in [0.29, 0.717) is 31.1 Å². The maximum absolute atomic E-state index is 13.6. The fourth-order valence-electron chi connectivity index (χ4n) is 6.00. The standard InChI is InChI=1S/C40H50N4O4S/c1-4-7-23-47-24-25-48-37-15-10-31(11-16-37)32-12-19-39-34(26-32)27-33(9-8-22-43(39)20-5-2)40(45)42-35-13-17-38(18-14-35)49(46)29-36-28-41-30-44(36)21-6-3/h10-19,26-28,30H,4-9,20-25,29H2,1-3H3,(H,42,45)/t49-/m0/s1. The number of imidazole rings is 1. The number of aromatic nitrogens is 2. The molecule has 0 bridgehead atoms. The number of nitrogens with zero attached hydrogens (tertiary/aromatic N) is 3. The van der Waals surface area contributed by atoms with E-state index in [0.717, 1.165) is 103 Å². The summed E-state index contributed by atoms with van der Waals surface area (Å²) in [4.78, 5) is 21.0. The Hall–Kier alpha value is -4.21. The van der Waals surface area contributed by atoms with Crippen LogP contribution in [0.15, 0.2) is 89.7 Å². The summed E-state index contributed by atoms with van der Waals surface area (Å²) in [6.07, 6.45) is 11.4. The van der Waals surface area contributed by atoms with Crippen LogP contribution in [0.4, 0.5) is 11.4 Å². The number of hydrogen-bond acceptors (Lipinski definition) is 6. The zero-order chi connectivity index (χ0) is 34.4. The lowest BCUT2D eigenvalue weighted by Crippen LogP contribution is -2.28.